The van der Waals surface area contributed by atoms with Gasteiger partial charge in [0.1, 0.15) is 4.88 Å². The molecule has 0 aliphatic rings. The van der Waals surface area contributed by atoms with Gasteiger partial charge in [-0.2, -0.15) is 0 Å². The van der Waals surface area contributed by atoms with Crippen molar-refractivity contribution in [2.75, 3.05) is 6.61 Å². The zero-order chi connectivity index (χ0) is 13.2. The topological polar surface area (TPSA) is 104 Å². The Hall–Kier alpha value is -0.960. The van der Waals surface area contributed by atoms with Gasteiger partial charge in [-0.15, -0.1) is 11.3 Å². The van der Waals surface area contributed by atoms with Gasteiger partial charge < -0.3 is 10.2 Å². The predicted molar refractivity (Wildman–Crippen MR) is 62.9 cm³/mol. The Morgan fingerprint density at radius 1 is 1.59 bits per heavy atom. The molecule has 0 unspecified atom stereocenters. The van der Waals surface area contributed by atoms with Crippen LogP contribution >= 0.6 is 11.3 Å². The van der Waals surface area contributed by atoms with Gasteiger partial charge in [-0.1, -0.05) is 0 Å². The molecule has 1 rings (SSSR count). The van der Waals surface area contributed by atoms with Crippen molar-refractivity contribution < 1.29 is 23.4 Å². The minimum Gasteiger partial charge on any atom is -0.477 e. The van der Waals surface area contributed by atoms with Gasteiger partial charge in [-0.25, -0.2) is 17.9 Å². The molecule has 3 N–H and O–H groups in total. The van der Waals surface area contributed by atoms with Crippen LogP contribution in [-0.2, 0) is 10.0 Å². The lowest BCUT2D eigenvalue weighted by atomic mass is 10.4. The fourth-order valence-electron chi connectivity index (χ4n) is 1.20. The molecule has 0 radical (unpaired) electrons. The van der Waals surface area contributed by atoms with Crippen LogP contribution in [0.1, 0.15) is 21.5 Å². The third kappa shape index (κ3) is 3.25. The van der Waals surface area contributed by atoms with Crippen LogP contribution < -0.4 is 4.72 Å². The summed E-state index contributed by atoms with van der Waals surface area (Å²) < 4.78 is 26.0. The van der Waals surface area contributed by atoms with Gasteiger partial charge >= 0.3 is 5.97 Å². The third-order valence-electron chi connectivity index (χ3n) is 2.00. The summed E-state index contributed by atoms with van der Waals surface area (Å²) in [6.07, 6.45) is 0. The number of aryl methyl sites for hydroxylation is 1. The molecule has 17 heavy (non-hydrogen) atoms. The van der Waals surface area contributed by atoms with Crippen LogP contribution in [0.4, 0.5) is 0 Å². The molecular weight excluding hydrogens is 266 g/mol. The molecule has 0 aliphatic carbocycles. The van der Waals surface area contributed by atoms with Crippen molar-refractivity contribution in [1.82, 2.24) is 4.72 Å². The van der Waals surface area contributed by atoms with Gasteiger partial charge in [0.25, 0.3) is 0 Å². The van der Waals surface area contributed by atoms with Crippen molar-refractivity contribution in [1.29, 1.82) is 0 Å². The maximum Gasteiger partial charge on any atom is 0.345 e. The monoisotopic (exact) mass is 279 g/mol. The van der Waals surface area contributed by atoms with E-state index in [0.29, 0.717) is 4.88 Å². The number of aliphatic hydroxyl groups excluding tert-OH is 1. The number of aliphatic hydroxyl groups is 1. The molecule has 0 fully saturated rings. The molecule has 8 heteroatoms. The zero-order valence-electron chi connectivity index (χ0n) is 9.30. The fraction of sp³-hybridized carbons (Fsp3) is 0.444. The Labute approximate surface area is 103 Å². The number of carboxylic acids is 1. The van der Waals surface area contributed by atoms with Crippen LogP contribution in [0, 0.1) is 6.92 Å². The van der Waals surface area contributed by atoms with Crippen LogP contribution in [0.3, 0.4) is 0 Å². The summed E-state index contributed by atoms with van der Waals surface area (Å²) in [6, 6.07) is 0.502. The predicted octanol–water partition coefficient (Wildman–Crippen LogP) is 0.414. The first-order valence-electron chi connectivity index (χ1n) is 4.75. The molecule has 0 aliphatic heterocycles. The molecule has 1 heterocycles. The number of carbonyl (C=O) groups is 1. The normalized spacial score (nSPS) is 13.6. The van der Waals surface area contributed by atoms with E-state index in [9.17, 15) is 13.2 Å². The summed E-state index contributed by atoms with van der Waals surface area (Å²) in [6.45, 7) is 2.72. The van der Waals surface area contributed by atoms with Gasteiger partial charge in [0.2, 0.25) is 10.0 Å². The Bertz CT molecular complexity index is 519. The van der Waals surface area contributed by atoms with E-state index >= 15 is 0 Å². The van der Waals surface area contributed by atoms with Crippen LogP contribution in [-0.4, -0.2) is 37.2 Å². The second-order valence-corrected chi connectivity index (χ2v) is 6.48. The Balaban J connectivity index is 3.11. The highest BCUT2D eigenvalue weighted by Gasteiger charge is 2.23. The first-order valence-corrected chi connectivity index (χ1v) is 7.05. The van der Waals surface area contributed by atoms with Crippen molar-refractivity contribution in [3.8, 4) is 0 Å². The molecule has 96 valence electrons. The summed E-state index contributed by atoms with van der Waals surface area (Å²) >= 11 is 0.903. The molecule has 1 aromatic heterocycles. The number of hydrogen-bond acceptors (Lipinski definition) is 5. The van der Waals surface area contributed by atoms with E-state index in [-0.39, 0.29) is 16.4 Å². The number of nitrogens with one attached hydrogen (secondary N) is 1. The highest BCUT2D eigenvalue weighted by atomic mass is 32.2. The van der Waals surface area contributed by atoms with Crippen molar-refractivity contribution >= 4 is 27.3 Å². The summed E-state index contributed by atoms with van der Waals surface area (Å²) in [4.78, 5) is 11.0. The number of aromatic carboxylic acids is 1. The minimum atomic E-state index is -3.78. The molecule has 0 spiro atoms. The van der Waals surface area contributed by atoms with E-state index in [2.05, 4.69) is 4.72 Å². The number of sulfonamides is 1. The standard InChI is InChI=1S/C9H13NO5S2/c1-5(4-11)10-17(14,15)8-3-7(9(12)13)16-6(8)2/h3,5,10-11H,4H2,1-2H3,(H,12,13)/t5-/m0/s1. The average molecular weight is 279 g/mol. The molecule has 0 bridgehead atoms. The molecular formula is C9H13NO5S2. The molecule has 1 atom stereocenters. The molecule has 6 nitrogen and oxygen atoms in total. The lowest BCUT2D eigenvalue weighted by Gasteiger charge is -2.10. The van der Waals surface area contributed by atoms with Gasteiger partial charge in [0, 0.05) is 10.9 Å². The SMILES string of the molecule is Cc1sc(C(=O)O)cc1S(=O)(=O)N[C@@H](C)CO. The van der Waals surface area contributed by atoms with E-state index in [1.165, 1.54) is 13.8 Å². The van der Waals surface area contributed by atoms with Gasteiger partial charge in [0.15, 0.2) is 0 Å². The summed E-state index contributed by atoms with van der Waals surface area (Å²) in [7, 11) is -3.78. The smallest absolute Gasteiger partial charge is 0.345 e. The Morgan fingerprint density at radius 3 is 2.59 bits per heavy atom. The Morgan fingerprint density at radius 2 is 2.18 bits per heavy atom. The summed E-state index contributed by atoms with van der Waals surface area (Å²) in [5.74, 6) is -1.16. The molecule has 0 saturated heterocycles. The van der Waals surface area contributed by atoms with Crippen molar-refractivity contribution in [3.05, 3.63) is 15.8 Å². The second kappa shape index (κ2) is 5.13. The molecule has 0 saturated carbocycles. The van der Waals surface area contributed by atoms with E-state index < -0.39 is 22.0 Å². The van der Waals surface area contributed by atoms with Gasteiger partial charge in [0.05, 0.1) is 11.5 Å². The highest BCUT2D eigenvalue weighted by Crippen LogP contribution is 2.25. The zero-order valence-corrected chi connectivity index (χ0v) is 10.9. The van der Waals surface area contributed by atoms with Crippen molar-refractivity contribution in [2.24, 2.45) is 0 Å². The van der Waals surface area contributed by atoms with Gasteiger partial charge in [-0.3, -0.25) is 0 Å². The van der Waals surface area contributed by atoms with Crippen molar-refractivity contribution in [3.63, 3.8) is 0 Å². The second-order valence-electron chi connectivity index (χ2n) is 3.54. The molecule has 1 aromatic rings. The Kier molecular flexibility index (Phi) is 4.26. The van der Waals surface area contributed by atoms with Crippen LogP contribution in [0.2, 0.25) is 0 Å². The first kappa shape index (κ1) is 14.1. The highest BCUT2D eigenvalue weighted by molar-refractivity contribution is 7.89. The third-order valence-corrected chi connectivity index (χ3v) is 4.89. The average Bonchev–Trinajstić information content (AvgIpc) is 2.60. The van der Waals surface area contributed by atoms with E-state index in [1.807, 2.05) is 0 Å². The maximum atomic E-state index is 11.8. The van der Waals surface area contributed by atoms with Gasteiger partial charge in [-0.05, 0) is 19.9 Å². The summed E-state index contributed by atoms with van der Waals surface area (Å²) in [5, 5.41) is 17.6. The fourth-order valence-corrected chi connectivity index (χ4v) is 3.87. The number of thiophene rings is 1. The lowest BCUT2D eigenvalue weighted by Crippen LogP contribution is -2.35. The minimum absolute atomic E-state index is 0.0282. The number of carboxylic acid groups (broad SMARTS) is 1. The van der Waals surface area contributed by atoms with Crippen molar-refractivity contribution in [2.45, 2.75) is 24.8 Å². The summed E-state index contributed by atoms with van der Waals surface area (Å²) in [5.41, 5.74) is 0. The van der Waals surface area contributed by atoms with E-state index in [0.717, 1.165) is 17.4 Å². The largest absolute Gasteiger partial charge is 0.477 e. The lowest BCUT2D eigenvalue weighted by molar-refractivity contribution is 0.0702. The molecule has 0 aromatic carbocycles. The number of hydrogen-bond donors (Lipinski definition) is 3. The first-order chi connectivity index (χ1) is 7.77. The van der Waals surface area contributed by atoms with Crippen LogP contribution in [0.5, 0.6) is 0 Å². The quantitative estimate of drug-likeness (QED) is 0.724. The maximum absolute atomic E-state index is 11.8. The van der Waals surface area contributed by atoms with E-state index in [4.69, 9.17) is 10.2 Å². The van der Waals surface area contributed by atoms with Crippen LogP contribution in [0.15, 0.2) is 11.0 Å². The number of rotatable bonds is 5. The van der Waals surface area contributed by atoms with E-state index in [1.54, 1.807) is 0 Å². The van der Waals surface area contributed by atoms with Crippen LogP contribution in [0.25, 0.3) is 0 Å². The molecule has 0 amide bonds.